The van der Waals surface area contributed by atoms with Crippen LogP contribution in [0, 0.1) is 0 Å². The molecule has 0 bridgehead atoms. The van der Waals surface area contributed by atoms with Crippen LogP contribution >= 0.6 is 0 Å². The monoisotopic (exact) mass is 647 g/mol. The quantitative estimate of drug-likeness (QED) is 0.157. The van der Waals surface area contributed by atoms with Crippen LogP contribution in [-0.2, 0) is 30.2 Å². The predicted octanol–water partition coefficient (Wildman–Crippen LogP) is -3.90. The Morgan fingerprint density at radius 2 is 1.15 bits per heavy atom. The number of hydrogen-bond acceptors (Lipinski definition) is 6. The van der Waals surface area contributed by atoms with Crippen molar-refractivity contribution in [2.24, 2.45) is 4.99 Å². The van der Waals surface area contributed by atoms with E-state index in [0.29, 0.717) is 6.54 Å². The van der Waals surface area contributed by atoms with E-state index < -0.39 is 0 Å². The van der Waals surface area contributed by atoms with Gasteiger partial charge >= 0.3 is 17.1 Å². The van der Waals surface area contributed by atoms with Gasteiger partial charge in [-0.3, -0.25) is 19.9 Å². The van der Waals surface area contributed by atoms with Crippen molar-refractivity contribution in [3.63, 3.8) is 0 Å². The number of aromatic nitrogens is 2. The summed E-state index contributed by atoms with van der Waals surface area (Å²) in [7, 11) is 16.3. The zero-order chi connectivity index (χ0) is 23.0. The Balaban J connectivity index is 0. The van der Waals surface area contributed by atoms with Crippen molar-refractivity contribution >= 4 is 17.3 Å². The van der Waals surface area contributed by atoms with Crippen molar-refractivity contribution in [1.82, 2.24) is 24.7 Å². The molecule has 0 aliphatic heterocycles. The Labute approximate surface area is 237 Å². The van der Waals surface area contributed by atoms with Gasteiger partial charge in [0.05, 0.1) is 17.9 Å². The Morgan fingerprint density at radius 1 is 0.735 bits per heavy atom. The molecule has 8 nitrogen and oxygen atoms in total. The van der Waals surface area contributed by atoms with E-state index in [9.17, 15) is 0 Å². The molecule has 0 atom stereocenters. The van der Waals surface area contributed by atoms with Crippen molar-refractivity contribution < 1.29 is 51.0 Å². The third-order valence-electron chi connectivity index (χ3n) is 4.87. The molecule has 0 unspecified atom stereocenters. The molecule has 195 valence electrons. The number of pyridine rings is 2. The van der Waals surface area contributed by atoms with Crippen LogP contribution in [0.4, 0.5) is 11.4 Å². The number of anilines is 2. The summed E-state index contributed by atoms with van der Waals surface area (Å²) in [6.07, 6.45) is 3.75. The minimum Gasteiger partial charge on any atom is -1.00 e. The first-order valence-corrected chi connectivity index (χ1v) is 10.5. The smallest absolute Gasteiger partial charge is 1.00 e. The summed E-state index contributed by atoms with van der Waals surface area (Å²) in [6, 6.07) is 8.34. The minimum absolute atomic E-state index is 0. The molecule has 1 radical (unpaired) electrons. The SMILES string of the molecule is CN(C)C(=NCCN(Cc1cc(N(C)C)ccn1)Cc1cc(N(C)C)ccn1)N(C)C.[Br-].[Br-].[Cu+2]. The normalized spacial score (nSPS) is 9.79. The van der Waals surface area contributed by atoms with E-state index in [1.165, 1.54) is 0 Å². The fraction of sp³-hybridized carbons (Fsp3) is 0.522. The molecule has 0 fully saturated rings. The van der Waals surface area contributed by atoms with Gasteiger partial charge < -0.3 is 53.6 Å². The summed E-state index contributed by atoms with van der Waals surface area (Å²) >= 11 is 0. The number of hydrogen-bond donors (Lipinski definition) is 0. The van der Waals surface area contributed by atoms with Crippen LogP contribution in [0.3, 0.4) is 0 Å². The maximum Gasteiger partial charge on any atom is 2.00 e. The van der Waals surface area contributed by atoms with E-state index in [4.69, 9.17) is 4.99 Å². The van der Waals surface area contributed by atoms with E-state index >= 15 is 0 Å². The molecule has 2 aromatic rings. The van der Waals surface area contributed by atoms with Gasteiger partial charge in [-0.1, -0.05) is 0 Å². The number of guanidine groups is 1. The molecule has 2 heterocycles. The van der Waals surface area contributed by atoms with Gasteiger partial charge in [-0.2, -0.15) is 0 Å². The molecule has 2 rings (SSSR count). The fourth-order valence-corrected chi connectivity index (χ4v) is 3.31. The summed E-state index contributed by atoms with van der Waals surface area (Å²) < 4.78 is 0. The number of rotatable bonds is 9. The van der Waals surface area contributed by atoms with Crippen molar-refractivity contribution in [2.45, 2.75) is 13.1 Å². The van der Waals surface area contributed by atoms with Crippen molar-refractivity contribution in [2.75, 3.05) is 79.3 Å². The molecule has 0 aromatic carbocycles. The zero-order valence-corrected chi connectivity index (χ0v) is 25.5. The van der Waals surface area contributed by atoms with Gasteiger partial charge in [-0.05, 0) is 24.3 Å². The van der Waals surface area contributed by atoms with Crippen LogP contribution in [0.5, 0.6) is 0 Å². The second-order valence-electron chi connectivity index (χ2n) is 8.48. The van der Waals surface area contributed by atoms with Gasteiger partial charge in [0.25, 0.3) is 0 Å². The fourth-order valence-electron chi connectivity index (χ4n) is 3.31. The average Bonchev–Trinajstić information content (AvgIpc) is 2.70. The standard InChI is InChI=1S/C23H38N8.2BrH.Cu/c1-27(2)21-9-11-24-19(15-21)17-31(14-13-26-23(29(5)6)30(7)8)18-20-16-22(28(3)4)10-12-25-20;;;/h9-12,15-16H,13-14,17-18H2,1-8H3;2*1H;/q;;;+2/p-2. The van der Waals surface area contributed by atoms with E-state index in [1.807, 2.05) is 90.7 Å². The Morgan fingerprint density at radius 3 is 1.50 bits per heavy atom. The van der Waals surface area contributed by atoms with E-state index in [2.05, 4.69) is 36.8 Å². The largest absolute Gasteiger partial charge is 2.00 e. The maximum absolute atomic E-state index is 4.81. The molecule has 0 spiro atoms. The van der Waals surface area contributed by atoms with Gasteiger partial charge in [0, 0.05) is 99.8 Å². The van der Waals surface area contributed by atoms with E-state index in [1.54, 1.807) is 0 Å². The van der Waals surface area contributed by atoms with Crippen LogP contribution in [0.25, 0.3) is 0 Å². The van der Waals surface area contributed by atoms with Crippen LogP contribution in [0.1, 0.15) is 11.4 Å². The van der Waals surface area contributed by atoms with Crippen LogP contribution in [0.2, 0.25) is 0 Å². The summed E-state index contributed by atoms with van der Waals surface area (Å²) in [5, 5.41) is 0. The molecule has 0 amide bonds. The number of aliphatic imine (C=N–C) groups is 1. The van der Waals surface area contributed by atoms with Gasteiger partial charge in [0.1, 0.15) is 0 Å². The van der Waals surface area contributed by atoms with Crippen LogP contribution in [-0.4, -0.2) is 100 Å². The first-order valence-electron chi connectivity index (χ1n) is 10.5. The molecule has 2 aromatic heterocycles. The summed E-state index contributed by atoms with van der Waals surface area (Å²) in [4.78, 5) is 24.6. The molecule has 0 aliphatic carbocycles. The third kappa shape index (κ3) is 11.4. The summed E-state index contributed by atoms with van der Waals surface area (Å²) in [5.74, 6) is 0.959. The van der Waals surface area contributed by atoms with Gasteiger partial charge in [0.15, 0.2) is 5.96 Å². The predicted molar refractivity (Wildman–Crippen MR) is 131 cm³/mol. The molecule has 0 N–H and O–H groups in total. The first kappa shape index (κ1) is 34.8. The third-order valence-corrected chi connectivity index (χ3v) is 4.87. The molecular weight excluding hydrogens is 612 g/mol. The minimum atomic E-state index is 0. The topological polar surface area (TPSA) is 54.3 Å². The number of halogens is 2. The van der Waals surface area contributed by atoms with Crippen molar-refractivity contribution in [3.8, 4) is 0 Å². The van der Waals surface area contributed by atoms with E-state index in [0.717, 1.165) is 48.4 Å². The Kier molecular flexibility index (Phi) is 17.5. The van der Waals surface area contributed by atoms with Crippen molar-refractivity contribution in [3.05, 3.63) is 48.0 Å². The molecule has 0 saturated heterocycles. The summed E-state index contributed by atoms with van der Waals surface area (Å²) in [6.45, 7) is 2.99. The van der Waals surface area contributed by atoms with Crippen LogP contribution < -0.4 is 43.8 Å². The second-order valence-corrected chi connectivity index (χ2v) is 8.48. The summed E-state index contributed by atoms with van der Waals surface area (Å²) in [5.41, 5.74) is 4.38. The molecule has 0 saturated carbocycles. The Hall–Kier alpha value is -1.39. The maximum atomic E-state index is 4.81. The second kappa shape index (κ2) is 17.1. The van der Waals surface area contributed by atoms with Gasteiger partial charge in [-0.25, -0.2) is 0 Å². The first-order chi connectivity index (χ1) is 14.7. The Bertz CT molecular complexity index is 799. The number of nitrogens with zero attached hydrogens (tertiary/aromatic N) is 8. The van der Waals surface area contributed by atoms with Crippen molar-refractivity contribution in [1.29, 1.82) is 0 Å². The molecular formula is C23H38Br2CuN8. The molecule has 11 heteroatoms. The van der Waals surface area contributed by atoms with Gasteiger partial charge in [0.2, 0.25) is 0 Å². The van der Waals surface area contributed by atoms with E-state index in [-0.39, 0.29) is 51.0 Å². The molecule has 34 heavy (non-hydrogen) atoms. The average molecular weight is 650 g/mol. The van der Waals surface area contributed by atoms with Gasteiger partial charge in [-0.15, -0.1) is 0 Å². The van der Waals surface area contributed by atoms with Crippen LogP contribution in [0.15, 0.2) is 41.7 Å². The zero-order valence-electron chi connectivity index (χ0n) is 21.4. The molecule has 0 aliphatic rings.